The van der Waals surface area contributed by atoms with Crippen molar-refractivity contribution in [3.63, 3.8) is 0 Å². The van der Waals surface area contributed by atoms with Crippen LogP contribution in [0.25, 0.3) is 0 Å². The van der Waals surface area contributed by atoms with E-state index in [4.69, 9.17) is 5.84 Å². The average molecular weight is 263 g/mol. The highest BCUT2D eigenvalue weighted by atomic mass is 16.2. The zero-order chi connectivity index (χ0) is 14.5. The average Bonchev–Trinajstić information content (AvgIpc) is 2.44. The highest BCUT2D eigenvalue weighted by Crippen LogP contribution is 2.25. The second kappa shape index (κ2) is 6.57. The van der Waals surface area contributed by atoms with Crippen LogP contribution in [0, 0.1) is 0 Å². The Morgan fingerprint density at radius 3 is 2.37 bits per heavy atom. The molecular weight excluding hydrogens is 238 g/mol. The fourth-order valence-electron chi connectivity index (χ4n) is 1.95. The SMILES string of the molecule is CCC(C)c1ccc(C(C)(C)CNC(=O)NN)cc1. The van der Waals surface area contributed by atoms with Gasteiger partial charge in [-0.3, -0.25) is 5.43 Å². The second-order valence-electron chi connectivity index (χ2n) is 5.64. The molecule has 0 aromatic heterocycles. The van der Waals surface area contributed by atoms with Gasteiger partial charge in [0.05, 0.1) is 0 Å². The summed E-state index contributed by atoms with van der Waals surface area (Å²) in [5, 5.41) is 2.74. The number of nitrogens with two attached hydrogens (primary N) is 1. The largest absolute Gasteiger partial charge is 0.336 e. The Morgan fingerprint density at radius 1 is 1.32 bits per heavy atom. The fourth-order valence-corrected chi connectivity index (χ4v) is 1.95. The van der Waals surface area contributed by atoms with Gasteiger partial charge in [-0.25, -0.2) is 10.6 Å². The van der Waals surface area contributed by atoms with Crippen LogP contribution in [0.2, 0.25) is 0 Å². The number of amides is 2. The molecule has 19 heavy (non-hydrogen) atoms. The molecule has 4 N–H and O–H groups in total. The highest BCUT2D eigenvalue weighted by molar-refractivity contribution is 5.73. The fraction of sp³-hybridized carbons (Fsp3) is 0.533. The van der Waals surface area contributed by atoms with Crippen LogP contribution in [-0.2, 0) is 5.41 Å². The van der Waals surface area contributed by atoms with E-state index < -0.39 is 0 Å². The first-order valence-electron chi connectivity index (χ1n) is 6.75. The molecule has 106 valence electrons. The van der Waals surface area contributed by atoms with Crippen molar-refractivity contribution in [2.45, 2.75) is 45.4 Å². The third-order valence-corrected chi connectivity index (χ3v) is 3.70. The van der Waals surface area contributed by atoms with E-state index in [-0.39, 0.29) is 11.4 Å². The van der Waals surface area contributed by atoms with Gasteiger partial charge in [-0.1, -0.05) is 52.0 Å². The predicted octanol–water partition coefficient (Wildman–Crippen LogP) is 2.65. The summed E-state index contributed by atoms with van der Waals surface area (Å²) < 4.78 is 0. The van der Waals surface area contributed by atoms with Crippen molar-refractivity contribution in [1.29, 1.82) is 0 Å². The maximum atomic E-state index is 11.1. The van der Waals surface area contributed by atoms with Gasteiger partial charge in [0.2, 0.25) is 0 Å². The summed E-state index contributed by atoms with van der Waals surface area (Å²) >= 11 is 0. The molecule has 0 aliphatic carbocycles. The lowest BCUT2D eigenvalue weighted by molar-refractivity contribution is 0.238. The molecule has 0 heterocycles. The summed E-state index contributed by atoms with van der Waals surface area (Å²) in [6.45, 7) is 9.16. The van der Waals surface area contributed by atoms with Crippen molar-refractivity contribution in [3.05, 3.63) is 35.4 Å². The first-order valence-corrected chi connectivity index (χ1v) is 6.75. The molecule has 0 spiro atoms. The van der Waals surface area contributed by atoms with Crippen LogP contribution in [0.3, 0.4) is 0 Å². The summed E-state index contributed by atoms with van der Waals surface area (Å²) in [5.41, 5.74) is 4.51. The molecule has 0 saturated carbocycles. The van der Waals surface area contributed by atoms with Gasteiger partial charge in [0.1, 0.15) is 0 Å². The molecule has 1 atom stereocenters. The number of hydrogen-bond acceptors (Lipinski definition) is 2. The number of benzene rings is 1. The normalized spacial score (nSPS) is 12.9. The van der Waals surface area contributed by atoms with Crippen molar-refractivity contribution in [3.8, 4) is 0 Å². The Labute approximate surface area is 115 Å². The second-order valence-corrected chi connectivity index (χ2v) is 5.64. The van der Waals surface area contributed by atoms with E-state index in [1.807, 2.05) is 0 Å². The van der Waals surface area contributed by atoms with Gasteiger partial charge in [-0.05, 0) is 23.5 Å². The van der Waals surface area contributed by atoms with Gasteiger partial charge >= 0.3 is 6.03 Å². The number of hydrogen-bond donors (Lipinski definition) is 3. The molecule has 0 saturated heterocycles. The topological polar surface area (TPSA) is 67.2 Å². The molecule has 0 aliphatic rings. The molecule has 4 heteroatoms. The molecule has 0 bridgehead atoms. The minimum absolute atomic E-state index is 0.125. The van der Waals surface area contributed by atoms with Gasteiger partial charge in [0, 0.05) is 12.0 Å². The number of urea groups is 1. The van der Waals surface area contributed by atoms with E-state index in [9.17, 15) is 4.79 Å². The Balaban J connectivity index is 2.75. The summed E-state index contributed by atoms with van der Waals surface area (Å²) in [6, 6.07) is 8.28. The van der Waals surface area contributed by atoms with Crippen molar-refractivity contribution < 1.29 is 4.79 Å². The van der Waals surface area contributed by atoms with Crippen LogP contribution in [0.4, 0.5) is 4.79 Å². The molecule has 0 aliphatic heterocycles. The van der Waals surface area contributed by atoms with E-state index in [1.165, 1.54) is 11.1 Å². The quantitative estimate of drug-likeness (QED) is 0.434. The van der Waals surface area contributed by atoms with Crippen molar-refractivity contribution >= 4 is 6.03 Å². The van der Waals surface area contributed by atoms with E-state index in [2.05, 4.69) is 62.7 Å². The van der Waals surface area contributed by atoms with Crippen molar-refractivity contribution in [2.24, 2.45) is 5.84 Å². The maximum absolute atomic E-state index is 11.1. The first kappa shape index (κ1) is 15.5. The third kappa shape index (κ3) is 4.24. The molecule has 1 aromatic carbocycles. The zero-order valence-electron chi connectivity index (χ0n) is 12.3. The van der Waals surface area contributed by atoms with Crippen LogP contribution in [0.5, 0.6) is 0 Å². The van der Waals surface area contributed by atoms with Gasteiger partial charge in [-0.2, -0.15) is 0 Å². The highest BCUT2D eigenvalue weighted by Gasteiger charge is 2.21. The predicted molar refractivity (Wildman–Crippen MR) is 78.9 cm³/mol. The summed E-state index contributed by atoms with van der Waals surface area (Å²) in [7, 11) is 0. The molecule has 1 rings (SSSR count). The Morgan fingerprint density at radius 2 is 1.89 bits per heavy atom. The Bertz CT molecular complexity index is 412. The maximum Gasteiger partial charge on any atom is 0.328 e. The van der Waals surface area contributed by atoms with Gasteiger partial charge in [0.15, 0.2) is 0 Å². The molecule has 0 fully saturated rings. The summed E-state index contributed by atoms with van der Waals surface area (Å²) in [6.07, 6.45) is 1.14. The molecule has 1 unspecified atom stereocenters. The van der Waals surface area contributed by atoms with Gasteiger partial charge in [-0.15, -0.1) is 0 Å². The minimum Gasteiger partial charge on any atom is -0.336 e. The van der Waals surface area contributed by atoms with Crippen LogP contribution in [0.15, 0.2) is 24.3 Å². The smallest absolute Gasteiger partial charge is 0.328 e. The van der Waals surface area contributed by atoms with Gasteiger partial charge in [0.25, 0.3) is 0 Å². The summed E-state index contributed by atoms with van der Waals surface area (Å²) in [4.78, 5) is 11.1. The van der Waals surface area contributed by atoms with Crippen LogP contribution >= 0.6 is 0 Å². The van der Waals surface area contributed by atoms with Crippen molar-refractivity contribution in [1.82, 2.24) is 10.7 Å². The summed E-state index contributed by atoms with van der Waals surface area (Å²) in [5.74, 6) is 5.63. The lowest BCUT2D eigenvalue weighted by Gasteiger charge is -2.26. The molecule has 0 radical (unpaired) electrons. The molecule has 2 amide bonds. The number of rotatable bonds is 5. The van der Waals surface area contributed by atoms with E-state index in [1.54, 1.807) is 0 Å². The number of nitrogens with one attached hydrogen (secondary N) is 2. The number of carbonyl (C=O) groups excluding carboxylic acids is 1. The first-order chi connectivity index (χ1) is 8.90. The Kier molecular flexibility index (Phi) is 5.36. The monoisotopic (exact) mass is 263 g/mol. The standard InChI is InChI=1S/C15H25N3O/c1-5-11(2)12-6-8-13(9-7-12)15(3,4)10-17-14(19)18-16/h6-9,11H,5,10,16H2,1-4H3,(H2,17,18,19). The molecular formula is C15H25N3O. The number of hydrazine groups is 1. The molecule has 1 aromatic rings. The van der Waals surface area contributed by atoms with Crippen molar-refractivity contribution in [2.75, 3.05) is 6.54 Å². The van der Waals surface area contributed by atoms with E-state index in [0.717, 1.165) is 6.42 Å². The van der Waals surface area contributed by atoms with Crippen LogP contribution in [-0.4, -0.2) is 12.6 Å². The lowest BCUT2D eigenvalue weighted by atomic mass is 9.83. The Hall–Kier alpha value is -1.55. The number of carbonyl (C=O) groups is 1. The zero-order valence-corrected chi connectivity index (χ0v) is 12.3. The lowest BCUT2D eigenvalue weighted by Crippen LogP contribution is -2.44. The van der Waals surface area contributed by atoms with E-state index in [0.29, 0.717) is 12.5 Å². The third-order valence-electron chi connectivity index (χ3n) is 3.70. The van der Waals surface area contributed by atoms with Crippen LogP contribution in [0.1, 0.15) is 51.2 Å². The van der Waals surface area contributed by atoms with Crippen LogP contribution < -0.4 is 16.6 Å². The van der Waals surface area contributed by atoms with E-state index >= 15 is 0 Å². The molecule has 4 nitrogen and oxygen atoms in total. The van der Waals surface area contributed by atoms with Gasteiger partial charge < -0.3 is 5.32 Å². The minimum atomic E-state index is -0.357.